The highest BCUT2D eigenvalue weighted by atomic mass is 35.5. The number of rotatable bonds is 8. The summed E-state index contributed by atoms with van der Waals surface area (Å²) >= 11 is 22.7. The van der Waals surface area contributed by atoms with E-state index in [0.29, 0.717) is 20.1 Å². The summed E-state index contributed by atoms with van der Waals surface area (Å²) in [6.07, 6.45) is 1.47. The number of amides is 1. The minimum atomic E-state index is -0.340. The van der Waals surface area contributed by atoms with Gasteiger partial charge in [0.2, 0.25) is 0 Å². The lowest BCUT2D eigenvalue weighted by Gasteiger charge is -2.16. The lowest BCUT2D eigenvalue weighted by molar-refractivity contribution is 0.0941. The minimum Gasteiger partial charge on any atom is -0.459 e. The van der Waals surface area contributed by atoms with Gasteiger partial charge in [-0.2, -0.15) is 0 Å². The Balaban J connectivity index is 1.75. The van der Waals surface area contributed by atoms with Gasteiger partial charge in [-0.3, -0.25) is 4.79 Å². The van der Waals surface area contributed by atoms with E-state index >= 15 is 0 Å². The van der Waals surface area contributed by atoms with Gasteiger partial charge in [0, 0.05) is 29.8 Å². The van der Waals surface area contributed by atoms with Gasteiger partial charge in [0.05, 0.1) is 10.5 Å². The lowest BCUT2D eigenvalue weighted by Crippen LogP contribution is -2.21. The third-order valence-corrected chi connectivity index (χ3v) is 8.57. The molecule has 172 valence electrons. The SMILES string of the molecule is O=C(NC(Sc1ccc(Cl)cc1)=C(Sc1ccc(Cl)cc1)Sc1ccc(Cl)cc1)c1ccco1. The summed E-state index contributed by atoms with van der Waals surface area (Å²) in [6, 6.07) is 25.8. The third-order valence-electron chi connectivity index (χ3n) is 4.24. The van der Waals surface area contributed by atoms with Gasteiger partial charge < -0.3 is 9.73 Å². The number of hydrogen-bond acceptors (Lipinski definition) is 5. The van der Waals surface area contributed by atoms with Gasteiger partial charge >= 0.3 is 0 Å². The molecule has 0 saturated heterocycles. The van der Waals surface area contributed by atoms with E-state index in [4.69, 9.17) is 39.2 Å². The summed E-state index contributed by atoms with van der Waals surface area (Å²) in [5.74, 6) is -0.117. The van der Waals surface area contributed by atoms with Crippen molar-refractivity contribution in [3.63, 3.8) is 0 Å². The van der Waals surface area contributed by atoms with Crippen molar-refractivity contribution >= 4 is 76.0 Å². The minimum absolute atomic E-state index is 0.224. The van der Waals surface area contributed by atoms with Gasteiger partial charge in [0.15, 0.2) is 5.76 Å². The van der Waals surface area contributed by atoms with Gasteiger partial charge in [0.25, 0.3) is 5.91 Å². The molecule has 0 radical (unpaired) electrons. The molecule has 4 rings (SSSR count). The number of halogens is 3. The molecular weight excluding hydrogens is 549 g/mol. The molecule has 1 aromatic heterocycles. The molecule has 0 aliphatic rings. The first-order chi connectivity index (χ1) is 16.5. The molecule has 0 aliphatic carbocycles. The predicted molar refractivity (Wildman–Crippen MR) is 145 cm³/mol. The Labute approximate surface area is 225 Å². The van der Waals surface area contributed by atoms with Crippen molar-refractivity contribution in [3.05, 3.63) is 121 Å². The Kier molecular flexibility index (Phi) is 9.00. The van der Waals surface area contributed by atoms with E-state index in [1.807, 2.05) is 72.8 Å². The van der Waals surface area contributed by atoms with Crippen molar-refractivity contribution in [2.24, 2.45) is 0 Å². The molecule has 1 amide bonds. The van der Waals surface area contributed by atoms with Gasteiger partial charge in [-0.15, -0.1) is 0 Å². The average molecular weight is 565 g/mol. The molecule has 1 N–H and O–H groups in total. The Morgan fingerprint density at radius 2 is 1.09 bits per heavy atom. The van der Waals surface area contributed by atoms with Crippen LogP contribution >= 0.6 is 70.1 Å². The molecule has 9 heteroatoms. The number of carbonyl (C=O) groups is 1. The van der Waals surface area contributed by atoms with Gasteiger partial charge in [0.1, 0.15) is 5.03 Å². The molecule has 0 bridgehead atoms. The van der Waals surface area contributed by atoms with Crippen molar-refractivity contribution in [3.8, 4) is 0 Å². The van der Waals surface area contributed by atoms with E-state index in [1.54, 1.807) is 12.1 Å². The van der Waals surface area contributed by atoms with Crippen molar-refractivity contribution < 1.29 is 9.21 Å². The number of furan rings is 1. The van der Waals surface area contributed by atoms with Crippen LogP contribution in [0.25, 0.3) is 0 Å². The monoisotopic (exact) mass is 563 g/mol. The first-order valence-electron chi connectivity index (χ1n) is 9.86. The van der Waals surface area contributed by atoms with Crippen LogP contribution in [0.2, 0.25) is 15.1 Å². The van der Waals surface area contributed by atoms with Crippen LogP contribution in [0.15, 0.2) is 120 Å². The first-order valence-corrected chi connectivity index (χ1v) is 13.4. The summed E-state index contributed by atoms with van der Waals surface area (Å²) in [7, 11) is 0. The number of thioether (sulfide) groups is 3. The second-order valence-electron chi connectivity index (χ2n) is 6.72. The van der Waals surface area contributed by atoms with Crippen molar-refractivity contribution in [1.82, 2.24) is 5.32 Å². The second kappa shape index (κ2) is 12.2. The van der Waals surface area contributed by atoms with Gasteiger partial charge in [-0.05, 0) is 84.9 Å². The van der Waals surface area contributed by atoms with Gasteiger partial charge in [-0.25, -0.2) is 0 Å². The Bertz CT molecular complexity index is 1230. The van der Waals surface area contributed by atoms with Crippen molar-refractivity contribution in [2.75, 3.05) is 0 Å². The normalized spacial score (nSPS) is 10.7. The molecule has 4 aromatic rings. The maximum Gasteiger partial charge on any atom is 0.291 e. The van der Waals surface area contributed by atoms with Crippen LogP contribution in [-0.2, 0) is 0 Å². The van der Waals surface area contributed by atoms with Crippen LogP contribution in [0.1, 0.15) is 10.6 Å². The highest BCUT2D eigenvalue weighted by Crippen LogP contribution is 2.45. The van der Waals surface area contributed by atoms with Crippen LogP contribution in [0, 0.1) is 0 Å². The topological polar surface area (TPSA) is 42.2 Å². The molecule has 34 heavy (non-hydrogen) atoms. The fourth-order valence-electron chi connectivity index (χ4n) is 2.64. The van der Waals surface area contributed by atoms with Crippen LogP contribution < -0.4 is 5.32 Å². The van der Waals surface area contributed by atoms with E-state index in [1.165, 1.54) is 41.5 Å². The zero-order valence-electron chi connectivity index (χ0n) is 17.3. The Morgan fingerprint density at radius 1 is 0.647 bits per heavy atom. The van der Waals surface area contributed by atoms with E-state index in [9.17, 15) is 4.79 Å². The highest BCUT2D eigenvalue weighted by molar-refractivity contribution is 8.23. The standard InChI is InChI=1S/C25H16Cl3NO2S3/c26-16-3-9-19(10-4-16)32-24(29-23(30)22-2-1-15-31-22)25(33-20-11-5-17(27)6-12-20)34-21-13-7-18(28)8-14-21/h1-15H,(H,29,30). The summed E-state index contributed by atoms with van der Waals surface area (Å²) in [5, 5.41) is 5.63. The van der Waals surface area contributed by atoms with Crippen LogP contribution in [0.4, 0.5) is 0 Å². The van der Waals surface area contributed by atoms with Crippen LogP contribution in [-0.4, -0.2) is 5.91 Å². The summed E-state index contributed by atoms with van der Waals surface area (Å²) in [5.41, 5.74) is 0. The Hall–Kier alpha value is -1.93. The molecular formula is C25H16Cl3NO2S3. The fraction of sp³-hybridized carbons (Fsp3) is 0. The zero-order chi connectivity index (χ0) is 23.9. The van der Waals surface area contributed by atoms with E-state index in [0.717, 1.165) is 18.9 Å². The van der Waals surface area contributed by atoms with E-state index in [2.05, 4.69) is 5.32 Å². The van der Waals surface area contributed by atoms with Crippen molar-refractivity contribution in [2.45, 2.75) is 14.7 Å². The molecule has 0 saturated carbocycles. The first kappa shape index (κ1) is 25.2. The number of hydrogen-bond donors (Lipinski definition) is 1. The summed E-state index contributed by atoms with van der Waals surface area (Å²) < 4.78 is 6.17. The maximum atomic E-state index is 12.9. The molecule has 0 unspecified atom stereocenters. The maximum absolute atomic E-state index is 12.9. The van der Waals surface area contributed by atoms with E-state index < -0.39 is 0 Å². The molecule has 3 aromatic carbocycles. The second-order valence-corrected chi connectivity index (χ2v) is 11.5. The van der Waals surface area contributed by atoms with Gasteiger partial charge in [-0.1, -0.05) is 70.1 Å². The van der Waals surface area contributed by atoms with Crippen LogP contribution in [0.5, 0.6) is 0 Å². The molecule has 0 spiro atoms. The summed E-state index contributed by atoms with van der Waals surface area (Å²) in [4.78, 5) is 15.8. The fourth-order valence-corrected chi connectivity index (χ4v) is 6.26. The van der Waals surface area contributed by atoms with E-state index in [-0.39, 0.29) is 11.7 Å². The number of nitrogens with one attached hydrogen (secondary N) is 1. The largest absolute Gasteiger partial charge is 0.459 e. The third kappa shape index (κ3) is 7.28. The Morgan fingerprint density at radius 3 is 1.50 bits per heavy atom. The van der Waals surface area contributed by atoms with Crippen LogP contribution in [0.3, 0.4) is 0 Å². The molecule has 0 aliphatic heterocycles. The highest BCUT2D eigenvalue weighted by Gasteiger charge is 2.18. The summed E-state index contributed by atoms with van der Waals surface area (Å²) in [6.45, 7) is 0. The quantitative estimate of drug-likeness (QED) is 0.216. The molecule has 0 fully saturated rings. The number of carbonyl (C=O) groups excluding carboxylic acids is 1. The lowest BCUT2D eigenvalue weighted by atomic mass is 10.4. The molecule has 1 heterocycles. The average Bonchev–Trinajstić information content (AvgIpc) is 3.38. The smallest absolute Gasteiger partial charge is 0.291 e. The zero-order valence-corrected chi connectivity index (χ0v) is 22.1. The predicted octanol–water partition coefficient (Wildman–Crippen LogP) is 9.47. The van der Waals surface area contributed by atoms with Crippen molar-refractivity contribution in [1.29, 1.82) is 0 Å². The molecule has 0 atom stereocenters. The number of benzene rings is 3. The molecule has 3 nitrogen and oxygen atoms in total.